The summed E-state index contributed by atoms with van der Waals surface area (Å²) in [6.07, 6.45) is -5.54. The Hall–Kier alpha value is -2.42. The quantitative estimate of drug-likeness (QED) is 0.106. The number of alkyl carbamates (subject to hydrolysis) is 1. The van der Waals surface area contributed by atoms with Crippen molar-refractivity contribution < 1.29 is 52.6 Å². The number of ether oxygens (including phenoxy) is 4. The fraction of sp³-hybridized carbons (Fsp3) is 0.700. The zero-order valence-corrected chi connectivity index (χ0v) is 28.2. The molecule has 1 amide bonds. The highest BCUT2D eigenvalue weighted by Crippen LogP contribution is 2.30. The SMILES string of the molecule is CN[C@H]([C@@H](O)CO[C@@H]1[C@@H](O)[C@H](O[C@H]2OC(CN)=CC[C@H]2NC(=O)OC(C)(C)C)[C@@H](N)C[C@H]1NS(=O)(=O)c1ccccc1)[C@@](C)(O)CO. The molecule has 16 nitrogen and oxygen atoms in total. The Balaban J connectivity index is 1.88. The second-order valence-electron chi connectivity index (χ2n) is 13.0. The topological polar surface area (TPSA) is 257 Å². The van der Waals surface area contributed by atoms with Gasteiger partial charge in [0.25, 0.3) is 0 Å². The van der Waals surface area contributed by atoms with Gasteiger partial charge in [-0.2, -0.15) is 0 Å². The number of nitrogens with two attached hydrogens (primary N) is 2. The van der Waals surface area contributed by atoms with Crippen LogP contribution in [-0.2, 0) is 29.0 Å². The van der Waals surface area contributed by atoms with Gasteiger partial charge in [0, 0.05) is 6.04 Å². The summed E-state index contributed by atoms with van der Waals surface area (Å²) in [5.74, 6) is 0.384. The molecule has 0 bridgehead atoms. The van der Waals surface area contributed by atoms with Crippen LogP contribution in [0.1, 0.15) is 40.5 Å². The molecule has 2 aliphatic rings. The van der Waals surface area contributed by atoms with E-state index in [9.17, 15) is 33.6 Å². The molecular weight excluding hydrogens is 638 g/mol. The normalized spacial score (nSPS) is 29.5. The lowest BCUT2D eigenvalue weighted by molar-refractivity contribution is -0.228. The van der Waals surface area contributed by atoms with Crippen LogP contribution < -0.4 is 26.8 Å². The average molecular weight is 690 g/mol. The summed E-state index contributed by atoms with van der Waals surface area (Å²) in [5.41, 5.74) is 9.77. The molecule has 10 atom stereocenters. The first-order valence-electron chi connectivity index (χ1n) is 15.4. The van der Waals surface area contributed by atoms with Crippen LogP contribution in [0.3, 0.4) is 0 Å². The molecule has 268 valence electrons. The van der Waals surface area contributed by atoms with Crippen LogP contribution in [-0.4, -0.2) is 128 Å². The van der Waals surface area contributed by atoms with Crippen LogP contribution in [0.5, 0.6) is 0 Å². The Labute approximate surface area is 275 Å². The first kappa shape index (κ1) is 39.0. The predicted octanol–water partition coefficient (Wildman–Crippen LogP) is -1.63. The summed E-state index contributed by atoms with van der Waals surface area (Å²) in [5, 5.41) is 48.2. The van der Waals surface area contributed by atoms with E-state index >= 15 is 0 Å². The van der Waals surface area contributed by atoms with Gasteiger partial charge in [0.1, 0.15) is 35.3 Å². The van der Waals surface area contributed by atoms with Crippen molar-refractivity contribution in [3.63, 3.8) is 0 Å². The summed E-state index contributed by atoms with van der Waals surface area (Å²) in [6, 6.07) is 3.71. The number of rotatable bonds is 14. The van der Waals surface area contributed by atoms with Gasteiger partial charge in [-0.25, -0.2) is 17.9 Å². The zero-order valence-electron chi connectivity index (χ0n) is 27.4. The first-order chi connectivity index (χ1) is 21.9. The van der Waals surface area contributed by atoms with E-state index < -0.39 is 95.4 Å². The Morgan fingerprint density at radius 1 is 1.15 bits per heavy atom. The number of aliphatic hydroxyl groups excluding tert-OH is 3. The minimum absolute atomic E-state index is 0.0257. The number of amides is 1. The monoisotopic (exact) mass is 689 g/mol. The molecule has 1 fully saturated rings. The maximum absolute atomic E-state index is 13.3. The lowest BCUT2D eigenvalue weighted by Gasteiger charge is -2.45. The summed E-state index contributed by atoms with van der Waals surface area (Å²) >= 11 is 0. The smallest absolute Gasteiger partial charge is 0.408 e. The van der Waals surface area contributed by atoms with Gasteiger partial charge in [0.15, 0.2) is 0 Å². The standard InChI is InChI=1S/C30H51N5O11S/c1-29(2,3)46-28(39)34-20-12-11-17(14-31)44-27(20)45-24-19(32)13-21(35-47(41,42)18-9-7-6-8-10-18)25(23(24)38)43-15-22(37)26(33-5)30(4,40)16-36/h6-11,19-27,33,35-38,40H,12-16,31-32H2,1-5H3,(H,34,39)/t19-,20+,21+,22-,23-,24+,25-,26+,27+,30-/m0/s1. The van der Waals surface area contributed by atoms with Crippen LogP contribution >= 0.6 is 0 Å². The molecule has 1 aromatic carbocycles. The van der Waals surface area contributed by atoms with Gasteiger partial charge in [0.2, 0.25) is 16.3 Å². The summed E-state index contributed by atoms with van der Waals surface area (Å²) in [6.45, 7) is 5.33. The Morgan fingerprint density at radius 3 is 2.38 bits per heavy atom. The van der Waals surface area contributed by atoms with E-state index in [0.717, 1.165) is 0 Å². The molecule has 1 saturated carbocycles. The number of carbonyl (C=O) groups is 1. The maximum atomic E-state index is 13.3. The summed E-state index contributed by atoms with van der Waals surface area (Å²) in [7, 11) is -2.64. The molecule has 1 heterocycles. The Morgan fingerprint density at radius 2 is 1.81 bits per heavy atom. The fourth-order valence-electron chi connectivity index (χ4n) is 5.58. The number of carbonyl (C=O) groups excluding carboxylic acids is 1. The van der Waals surface area contributed by atoms with Crippen LogP contribution in [0, 0.1) is 0 Å². The average Bonchev–Trinajstić information content (AvgIpc) is 2.99. The largest absolute Gasteiger partial charge is 0.466 e. The third-order valence-corrected chi connectivity index (χ3v) is 9.42. The molecular formula is C30H51N5O11S. The molecule has 0 aromatic heterocycles. The lowest BCUT2D eigenvalue weighted by atomic mass is 9.84. The van der Waals surface area contributed by atoms with Crippen LogP contribution in [0.4, 0.5) is 4.79 Å². The van der Waals surface area contributed by atoms with Gasteiger partial charge in [-0.15, -0.1) is 0 Å². The summed E-state index contributed by atoms with van der Waals surface area (Å²) < 4.78 is 52.6. The van der Waals surface area contributed by atoms with Gasteiger partial charge in [-0.3, -0.25) is 0 Å². The van der Waals surface area contributed by atoms with Crippen molar-refractivity contribution in [1.82, 2.24) is 15.4 Å². The first-order valence-corrected chi connectivity index (χ1v) is 16.9. The summed E-state index contributed by atoms with van der Waals surface area (Å²) in [4.78, 5) is 12.6. The molecule has 1 aromatic rings. The molecule has 0 spiro atoms. The van der Waals surface area contributed by atoms with Gasteiger partial charge in [-0.05, 0) is 65.8 Å². The number of hydrogen-bond donors (Lipinski definition) is 9. The third-order valence-electron chi connectivity index (χ3n) is 7.91. The highest BCUT2D eigenvalue weighted by Gasteiger charge is 2.48. The minimum atomic E-state index is -4.11. The van der Waals surface area contributed by atoms with Gasteiger partial charge in [-0.1, -0.05) is 18.2 Å². The van der Waals surface area contributed by atoms with Gasteiger partial charge < -0.3 is 61.5 Å². The van der Waals surface area contributed by atoms with Crippen molar-refractivity contribution in [2.45, 2.75) is 112 Å². The minimum Gasteiger partial charge on any atom is -0.466 e. The Kier molecular flexibility index (Phi) is 13.6. The molecule has 0 unspecified atom stereocenters. The van der Waals surface area contributed by atoms with Crippen LogP contribution in [0.2, 0.25) is 0 Å². The van der Waals surface area contributed by atoms with Crippen molar-refractivity contribution in [3.05, 3.63) is 42.2 Å². The highest BCUT2D eigenvalue weighted by molar-refractivity contribution is 7.89. The molecule has 3 rings (SSSR count). The van der Waals surface area contributed by atoms with E-state index in [1.165, 1.54) is 26.1 Å². The number of benzene rings is 1. The van der Waals surface area contributed by atoms with Gasteiger partial charge in [0.05, 0.1) is 48.9 Å². The maximum Gasteiger partial charge on any atom is 0.408 e. The van der Waals surface area contributed by atoms with Crippen molar-refractivity contribution in [2.75, 3.05) is 26.8 Å². The number of hydrogen-bond acceptors (Lipinski definition) is 14. The van der Waals surface area contributed by atoms with Crippen LogP contribution in [0.25, 0.3) is 0 Å². The highest BCUT2D eigenvalue weighted by atomic mass is 32.2. The van der Waals surface area contributed by atoms with Gasteiger partial charge >= 0.3 is 6.09 Å². The fourth-order valence-corrected chi connectivity index (χ4v) is 6.86. The molecule has 0 saturated heterocycles. The Bertz CT molecular complexity index is 1290. The predicted molar refractivity (Wildman–Crippen MR) is 170 cm³/mol. The van der Waals surface area contributed by atoms with E-state index in [0.29, 0.717) is 5.76 Å². The second-order valence-corrected chi connectivity index (χ2v) is 14.7. The van der Waals surface area contributed by atoms with Crippen molar-refractivity contribution in [1.29, 1.82) is 0 Å². The molecule has 1 aliphatic carbocycles. The second kappa shape index (κ2) is 16.3. The third kappa shape index (κ3) is 10.5. The number of nitrogens with one attached hydrogen (secondary N) is 3. The van der Waals surface area contributed by atoms with E-state index in [-0.39, 0.29) is 24.3 Å². The number of likely N-dealkylation sites (N-methyl/N-ethyl adjacent to an activating group) is 1. The van der Waals surface area contributed by atoms with Crippen LogP contribution in [0.15, 0.2) is 47.1 Å². The van der Waals surface area contributed by atoms with Crippen molar-refractivity contribution in [3.8, 4) is 0 Å². The molecule has 0 radical (unpaired) electrons. The van der Waals surface area contributed by atoms with E-state index in [1.807, 2.05) is 0 Å². The van der Waals surface area contributed by atoms with Crippen molar-refractivity contribution >= 4 is 16.1 Å². The molecule has 47 heavy (non-hydrogen) atoms. The number of aliphatic hydroxyl groups is 4. The van der Waals surface area contributed by atoms with E-state index in [2.05, 4.69) is 15.4 Å². The lowest BCUT2D eigenvalue weighted by Crippen LogP contribution is -2.66. The van der Waals surface area contributed by atoms with E-state index in [1.54, 1.807) is 45.0 Å². The molecule has 17 heteroatoms. The van der Waals surface area contributed by atoms with E-state index in [4.69, 9.17) is 30.4 Å². The van der Waals surface area contributed by atoms with Crippen molar-refractivity contribution in [2.24, 2.45) is 11.5 Å². The molecule has 1 aliphatic heterocycles. The number of sulfonamides is 1. The molecule has 11 N–H and O–H groups in total. The zero-order chi connectivity index (χ0) is 35.2.